The summed E-state index contributed by atoms with van der Waals surface area (Å²) >= 11 is 3.53. The van der Waals surface area contributed by atoms with Gasteiger partial charge in [0.25, 0.3) is 0 Å². The summed E-state index contributed by atoms with van der Waals surface area (Å²) in [5.41, 5.74) is 4.90. The number of fused-ring (bicyclic) bond motifs is 1. The first-order valence-corrected chi connectivity index (χ1v) is 15.3. The molecule has 1 unspecified atom stereocenters. The van der Waals surface area contributed by atoms with Crippen LogP contribution in [0.25, 0.3) is 22.3 Å². The van der Waals surface area contributed by atoms with Gasteiger partial charge in [0.05, 0.1) is 35.4 Å². The van der Waals surface area contributed by atoms with Gasteiger partial charge in [0.1, 0.15) is 5.52 Å². The van der Waals surface area contributed by atoms with E-state index in [2.05, 4.69) is 57.5 Å². The topological polar surface area (TPSA) is 92.3 Å². The van der Waals surface area contributed by atoms with E-state index >= 15 is 0 Å². The van der Waals surface area contributed by atoms with Gasteiger partial charge >= 0.3 is 0 Å². The third-order valence-electron chi connectivity index (χ3n) is 6.04. The maximum absolute atomic E-state index is 11.6. The van der Waals surface area contributed by atoms with Gasteiger partial charge in [-0.1, -0.05) is 38.1 Å². The molecule has 2 aliphatic rings. The lowest BCUT2D eigenvalue weighted by atomic mass is 9.89. The van der Waals surface area contributed by atoms with Crippen molar-refractivity contribution in [2.75, 3.05) is 64.3 Å². The lowest BCUT2D eigenvalue weighted by molar-refractivity contribution is 0.109. The maximum Gasteiger partial charge on any atom is 0.154 e. The fourth-order valence-corrected chi connectivity index (χ4v) is 4.91. The minimum absolute atomic E-state index is 0.530. The van der Waals surface area contributed by atoms with Crippen molar-refractivity contribution in [2.45, 2.75) is 32.6 Å². The molecule has 0 bridgehead atoms. The zero-order chi connectivity index (χ0) is 27.0. The number of nitrogens with one attached hydrogen (secondary N) is 2. The Morgan fingerprint density at radius 2 is 1.68 bits per heavy atom. The van der Waals surface area contributed by atoms with E-state index in [1.165, 1.54) is 5.56 Å². The van der Waals surface area contributed by atoms with Crippen molar-refractivity contribution in [3.05, 3.63) is 48.3 Å². The third-order valence-corrected chi connectivity index (χ3v) is 7.13. The van der Waals surface area contributed by atoms with E-state index in [1.54, 1.807) is 24.9 Å². The first-order valence-electron chi connectivity index (χ1n) is 12.9. The van der Waals surface area contributed by atoms with Gasteiger partial charge in [0.2, 0.25) is 0 Å². The number of benzene rings is 1. The highest BCUT2D eigenvalue weighted by Crippen LogP contribution is 2.31. The molecule has 5 rings (SSSR count). The molecule has 2 fully saturated rings. The number of hydrogen-bond acceptors (Lipinski definition) is 8. The quantitative estimate of drug-likeness (QED) is 0.418. The number of hydrogen-bond donors (Lipinski definition) is 3. The molecule has 4 heterocycles. The number of anilines is 1. The van der Waals surface area contributed by atoms with Gasteiger partial charge in [-0.25, -0.2) is 18.5 Å². The normalized spacial score (nSPS) is 16.7. The fraction of sp³-hybridized carbons (Fsp3) is 0.519. The number of thiol groups is 1. The van der Waals surface area contributed by atoms with Gasteiger partial charge in [-0.3, -0.25) is 4.98 Å². The molecule has 1 aromatic carbocycles. The number of rotatable bonds is 4. The van der Waals surface area contributed by atoms with Crippen molar-refractivity contribution in [1.29, 1.82) is 0 Å². The van der Waals surface area contributed by atoms with Crippen LogP contribution in [0.2, 0.25) is 0 Å². The summed E-state index contributed by atoms with van der Waals surface area (Å²) in [7, 11) is 0.987. The summed E-state index contributed by atoms with van der Waals surface area (Å²) in [5.74, 6) is 1.27. The summed E-state index contributed by atoms with van der Waals surface area (Å²) in [6.45, 7) is 9.62. The molecular weight excluding hydrogens is 504 g/mol. The van der Waals surface area contributed by atoms with E-state index in [9.17, 15) is 4.21 Å². The molecule has 2 N–H and O–H groups in total. The predicted octanol–water partition coefficient (Wildman–Crippen LogP) is 4.38. The fourth-order valence-electron chi connectivity index (χ4n) is 4.18. The second-order valence-corrected chi connectivity index (χ2v) is 9.51. The van der Waals surface area contributed by atoms with Crippen molar-refractivity contribution in [3.8, 4) is 11.3 Å². The van der Waals surface area contributed by atoms with E-state index in [0.717, 1.165) is 80.3 Å². The summed E-state index contributed by atoms with van der Waals surface area (Å²) < 4.78 is 18.7. The minimum Gasteiger partial charge on any atom is -0.379 e. The minimum atomic E-state index is -0.859. The zero-order valence-corrected chi connectivity index (χ0v) is 24.4. The second-order valence-electron chi connectivity index (χ2n) is 8.14. The molecule has 0 amide bonds. The van der Waals surface area contributed by atoms with Crippen molar-refractivity contribution in [3.63, 3.8) is 0 Å². The van der Waals surface area contributed by atoms with E-state index in [0.29, 0.717) is 5.92 Å². The second kappa shape index (κ2) is 17.4. The van der Waals surface area contributed by atoms with Crippen LogP contribution in [0.3, 0.4) is 0 Å². The monoisotopic (exact) mass is 546 g/mol. The third kappa shape index (κ3) is 9.30. The Morgan fingerprint density at radius 3 is 2.19 bits per heavy atom. The molecule has 37 heavy (non-hydrogen) atoms. The maximum atomic E-state index is 11.6. The standard InChI is InChI=1S/C20H23N5OS.C4H9NO.C2H6.CH4S/c1-21-20-19-18(22-9-10-23-19)13-17(24-20)16-5-3-14(4-6-16)15-7-11-25(12-8-15)27(2)26;1-3-6-4-2-5-1;2*1-2/h3-6,9-10,13,15H,7-8,11-12H2,1-2H3,(H,21,24);5H,1-4H2;1-2H3;2H,1H3. The average molecular weight is 547 g/mol. The first kappa shape index (κ1) is 31.1. The number of aromatic nitrogens is 3. The summed E-state index contributed by atoms with van der Waals surface area (Å²) in [5, 5.41) is 6.27. The predicted molar refractivity (Wildman–Crippen MR) is 160 cm³/mol. The highest BCUT2D eigenvalue weighted by Gasteiger charge is 2.22. The molecule has 204 valence electrons. The lowest BCUT2D eigenvalue weighted by Crippen LogP contribution is -2.33. The van der Waals surface area contributed by atoms with E-state index in [4.69, 9.17) is 9.72 Å². The number of piperidine rings is 1. The molecule has 0 radical (unpaired) electrons. The number of morpholine rings is 1. The van der Waals surface area contributed by atoms with Gasteiger partial charge in [0, 0.05) is 57.4 Å². The van der Waals surface area contributed by atoms with Gasteiger partial charge in [-0.2, -0.15) is 12.6 Å². The largest absolute Gasteiger partial charge is 0.379 e. The Balaban J connectivity index is 0.000000412. The Kier molecular flexibility index (Phi) is 14.6. The van der Waals surface area contributed by atoms with Crippen molar-refractivity contribution in [2.24, 2.45) is 0 Å². The molecule has 8 nitrogen and oxygen atoms in total. The molecule has 0 spiro atoms. The van der Waals surface area contributed by atoms with Crippen LogP contribution >= 0.6 is 12.6 Å². The van der Waals surface area contributed by atoms with Crippen molar-refractivity contribution >= 4 is 40.5 Å². The van der Waals surface area contributed by atoms with Crippen LogP contribution in [0, 0.1) is 0 Å². The van der Waals surface area contributed by atoms with Crippen LogP contribution in [0.5, 0.6) is 0 Å². The lowest BCUT2D eigenvalue weighted by Gasteiger charge is -2.30. The molecule has 3 aromatic rings. The highest BCUT2D eigenvalue weighted by atomic mass is 32.2. The summed E-state index contributed by atoms with van der Waals surface area (Å²) in [6.07, 6.45) is 8.93. The summed E-state index contributed by atoms with van der Waals surface area (Å²) in [4.78, 5) is 13.5. The summed E-state index contributed by atoms with van der Waals surface area (Å²) in [6, 6.07) is 10.6. The van der Waals surface area contributed by atoms with Crippen molar-refractivity contribution < 1.29 is 8.95 Å². The van der Waals surface area contributed by atoms with E-state index in [-0.39, 0.29) is 0 Å². The molecule has 2 aliphatic heterocycles. The highest BCUT2D eigenvalue weighted by molar-refractivity contribution is 7.81. The smallest absolute Gasteiger partial charge is 0.154 e. The van der Waals surface area contributed by atoms with Crippen LogP contribution in [-0.4, -0.2) is 82.4 Å². The average Bonchev–Trinajstić information content (AvgIpc) is 3.00. The van der Waals surface area contributed by atoms with Crippen LogP contribution in [0.15, 0.2) is 42.7 Å². The zero-order valence-electron chi connectivity index (χ0n) is 22.7. The number of nitrogens with zero attached hydrogens (tertiary/aromatic N) is 4. The van der Waals surface area contributed by atoms with E-state index in [1.807, 2.05) is 31.3 Å². The van der Waals surface area contributed by atoms with Gasteiger partial charge in [-0.05, 0) is 36.6 Å². The molecule has 2 saturated heterocycles. The number of pyridine rings is 1. The molecule has 0 aliphatic carbocycles. The Bertz CT molecular complexity index is 1060. The molecule has 0 saturated carbocycles. The van der Waals surface area contributed by atoms with E-state index < -0.39 is 11.0 Å². The Morgan fingerprint density at radius 1 is 1.05 bits per heavy atom. The van der Waals surface area contributed by atoms with Crippen molar-refractivity contribution in [1.82, 2.24) is 24.6 Å². The van der Waals surface area contributed by atoms with Crippen LogP contribution < -0.4 is 10.6 Å². The SMILES string of the molecule is C1COCCN1.CC.CNc1nc(-c2ccc(C3CCN(S(C)=O)CC3)cc2)cc2nccnc12.CS. The van der Waals surface area contributed by atoms with Gasteiger partial charge in [-0.15, -0.1) is 0 Å². The number of ether oxygens (including phenoxy) is 1. The Hall–Kier alpha value is -2.11. The molecule has 2 aromatic heterocycles. The van der Waals surface area contributed by atoms with Gasteiger partial charge < -0.3 is 15.4 Å². The first-order chi connectivity index (χ1) is 18.2. The molecule has 10 heteroatoms. The van der Waals surface area contributed by atoms with Crippen LogP contribution in [-0.2, 0) is 15.7 Å². The molecular formula is C27H42N6O2S2. The Labute approximate surface area is 230 Å². The van der Waals surface area contributed by atoms with Crippen LogP contribution in [0.4, 0.5) is 5.82 Å². The van der Waals surface area contributed by atoms with Gasteiger partial charge in [0.15, 0.2) is 5.82 Å². The van der Waals surface area contributed by atoms with Crippen LogP contribution in [0.1, 0.15) is 38.2 Å². The molecule has 1 atom stereocenters.